The van der Waals surface area contributed by atoms with Gasteiger partial charge in [-0.25, -0.2) is 9.97 Å². The van der Waals surface area contributed by atoms with Gasteiger partial charge in [0.15, 0.2) is 0 Å². The number of hydrogen-bond acceptors (Lipinski definition) is 3. The van der Waals surface area contributed by atoms with Crippen LogP contribution in [0.2, 0.25) is 5.15 Å². The molecule has 1 saturated heterocycles. The zero-order valence-corrected chi connectivity index (χ0v) is 15.8. The topological polar surface area (TPSA) is 51.0 Å². The standard InChI is InChI=1S/C22H17ClN4O/c23-21-20-18(15-8-10-17(11-9-15)26-12-4-7-19(26)28)13-27(22(20)25-14-24-21)16-5-2-1-3-6-16/h1-3,5-6,8-11,13-14H,4,7,12H2. The van der Waals surface area contributed by atoms with Crippen molar-refractivity contribution >= 4 is 34.2 Å². The number of carbonyl (C=O) groups is 1. The van der Waals surface area contributed by atoms with E-state index in [2.05, 4.69) is 9.97 Å². The second-order valence-electron chi connectivity index (χ2n) is 6.81. The number of benzene rings is 2. The molecule has 0 aliphatic carbocycles. The minimum Gasteiger partial charge on any atom is -0.312 e. The monoisotopic (exact) mass is 388 g/mol. The van der Waals surface area contributed by atoms with Gasteiger partial charge in [0, 0.05) is 36.1 Å². The van der Waals surface area contributed by atoms with Gasteiger partial charge < -0.3 is 9.47 Å². The van der Waals surface area contributed by atoms with E-state index in [1.54, 1.807) is 0 Å². The maximum atomic E-state index is 12.0. The molecule has 138 valence electrons. The van der Waals surface area contributed by atoms with E-state index in [0.717, 1.165) is 46.5 Å². The molecule has 2 aromatic heterocycles. The van der Waals surface area contributed by atoms with Crippen molar-refractivity contribution in [1.82, 2.24) is 14.5 Å². The molecular formula is C22H17ClN4O. The summed E-state index contributed by atoms with van der Waals surface area (Å²) in [6.45, 7) is 0.783. The van der Waals surface area contributed by atoms with Crippen LogP contribution in [0.25, 0.3) is 27.8 Å². The molecule has 0 unspecified atom stereocenters. The Morgan fingerprint density at radius 2 is 1.71 bits per heavy atom. The van der Waals surface area contributed by atoms with E-state index < -0.39 is 0 Å². The molecule has 5 rings (SSSR count). The van der Waals surface area contributed by atoms with Crippen LogP contribution in [0.3, 0.4) is 0 Å². The molecule has 28 heavy (non-hydrogen) atoms. The highest BCUT2D eigenvalue weighted by Crippen LogP contribution is 2.36. The van der Waals surface area contributed by atoms with Crippen LogP contribution in [0.4, 0.5) is 5.69 Å². The van der Waals surface area contributed by atoms with Gasteiger partial charge >= 0.3 is 0 Å². The van der Waals surface area contributed by atoms with Gasteiger partial charge in [0.25, 0.3) is 0 Å². The number of rotatable bonds is 3. The number of carbonyl (C=O) groups excluding carboxylic acids is 1. The summed E-state index contributed by atoms with van der Waals surface area (Å²) in [6, 6.07) is 18.0. The average molecular weight is 389 g/mol. The molecular weight excluding hydrogens is 372 g/mol. The fraction of sp³-hybridized carbons (Fsp3) is 0.136. The number of amides is 1. The Balaban J connectivity index is 1.64. The minimum absolute atomic E-state index is 0.185. The summed E-state index contributed by atoms with van der Waals surface area (Å²) >= 11 is 6.45. The van der Waals surface area contributed by atoms with E-state index in [-0.39, 0.29) is 5.91 Å². The fourth-order valence-corrected chi connectivity index (χ4v) is 4.00. The third-order valence-corrected chi connectivity index (χ3v) is 5.42. The summed E-state index contributed by atoms with van der Waals surface area (Å²) in [5.41, 5.74) is 4.67. The third kappa shape index (κ3) is 2.75. The Morgan fingerprint density at radius 1 is 0.929 bits per heavy atom. The predicted octanol–water partition coefficient (Wildman–Crippen LogP) is 4.87. The Kier molecular flexibility index (Phi) is 4.10. The van der Waals surface area contributed by atoms with Crippen molar-refractivity contribution in [3.05, 3.63) is 72.3 Å². The van der Waals surface area contributed by atoms with E-state index in [1.807, 2.05) is 70.3 Å². The SMILES string of the molecule is O=C1CCCN1c1ccc(-c2cn(-c3ccccc3)c3ncnc(Cl)c23)cc1. The van der Waals surface area contributed by atoms with Crippen LogP contribution in [0.15, 0.2) is 67.1 Å². The lowest BCUT2D eigenvalue weighted by molar-refractivity contribution is -0.117. The Labute approximate surface area is 167 Å². The maximum absolute atomic E-state index is 12.0. The zero-order valence-electron chi connectivity index (χ0n) is 15.0. The molecule has 1 aliphatic heterocycles. The van der Waals surface area contributed by atoms with Gasteiger partial charge in [-0.2, -0.15) is 0 Å². The zero-order chi connectivity index (χ0) is 19.1. The first-order valence-corrected chi connectivity index (χ1v) is 9.58. The molecule has 5 nitrogen and oxygen atoms in total. The van der Waals surface area contributed by atoms with Crippen LogP contribution >= 0.6 is 11.6 Å². The number of anilines is 1. The summed E-state index contributed by atoms with van der Waals surface area (Å²) in [5.74, 6) is 0.185. The normalized spacial score (nSPS) is 14.2. The van der Waals surface area contributed by atoms with Crippen molar-refractivity contribution in [2.45, 2.75) is 12.8 Å². The largest absolute Gasteiger partial charge is 0.312 e. The van der Waals surface area contributed by atoms with Crippen molar-refractivity contribution in [2.24, 2.45) is 0 Å². The van der Waals surface area contributed by atoms with E-state index in [1.165, 1.54) is 6.33 Å². The fourth-order valence-electron chi connectivity index (χ4n) is 3.77. The van der Waals surface area contributed by atoms with Gasteiger partial charge in [0.05, 0.1) is 5.39 Å². The van der Waals surface area contributed by atoms with Crippen LogP contribution in [-0.2, 0) is 4.79 Å². The Hall–Kier alpha value is -3.18. The summed E-state index contributed by atoms with van der Waals surface area (Å²) in [6.07, 6.45) is 5.06. The molecule has 0 atom stereocenters. The molecule has 4 aromatic rings. The predicted molar refractivity (Wildman–Crippen MR) is 111 cm³/mol. The molecule has 2 aromatic carbocycles. The van der Waals surface area contributed by atoms with E-state index in [4.69, 9.17) is 11.6 Å². The lowest BCUT2D eigenvalue weighted by Gasteiger charge is -2.15. The lowest BCUT2D eigenvalue weighted by atomic mass is 10.1. The number of hydrogen-bond donors (Lipinski definition) is 0. The molecule has 0 bridgehead atoms. The lowest BCUT2D eigenvalue weighted by Crippen LogP contribution is -2.23. The number of fused-ring (bicyclic) bond motifs is 1. The molecule has 1 aliphatic rings. The van der Waals surface area contributed by atoms with Crippen LogP contribution in [0.1, 0.15) is 12.8 Å². The van der Waals surface area contributed by atoms with E-state index >= 15 is 0 Å². The van der Waals surface area contributed by atoms with Crippen molar-refractivity contribution in [3.63, 3.8) is 0 Å². The molecule has 3 heterocycles. The molecule has 0 N–H and O–H groups in total. The number of nitrogens with zero attached hydrogens (tertiary/aromatic N) is 4. The first kappa shape index (κ1) is 17.0. The highest BCUT2D eigenvalue weighted by molar-refractivity contribution is 6.35. The second-order valence-corrected chi connectivity index (χ2v) is 7.17. The van der Waals surface area contributed by atoms with Crippen molar-refractivity contribution < 1.29 is 4.79 Å². The highest BCUT2D eigenvalue weighted by Gasteiger charge is 2.22. The van der Waals surface area contributed by atoms with Gasteiger partial charge in [0.2, 0.25) is 5.91 Å². The number of para-hydroxylation sites is 1. The van der Waals surface area contributed by atoms with Crippen LogP contribution in [0.5, 0.6) is 0 Å². The van der Waals surface area contributed by atoms with Crippen LogP contribution in [-0.4, -0.2) is 27.0 Å². The Bertz CT molecular complexity index is 1170. The first-order chi connectivity index (χ1) is 13.7. The van der Waals surface area contributed by atoms with Gasteiger partial charge in [0.1, 0.15) is 17.1 Å². The summed E-state index contributed by atoms with van der Waals surface area (Å²) in [5, 5.41) is 1.24. The molecule has 0 radical (unpaired) electrons. The van der Waals surface area contributed by atoms with Crippen molar-refractivity contribution in [3.8, 4) is 16.8 Å². The summed E-state index contributed by atoms with van der Waals surface area (Å²) in [7, 11) is 0. The first-order valence-electron chi connectivity index (χ1n) is 9.20. The van der Waals surface area contributed by atoms with Crippen LogP contribution in [0, 0.1) is 0 Å². The number of halogens is 1. The summed E-state index contributed by atoms with van der Waals surface area (Å²) < 4.78 is 2.02. The van der Waals surface area contributed by atoms with Gasteiger partial charge in [-0.3, -0.25) is 4.79 Å². The molecule has 6 heteroatoms. The smallest absolute Gasteiger partial charge is 0.227 e. The van der Waals surface area contributed by atoms with Crippen LogP contribution < -0.4 is 4.90 Å². The Morgan fingerprint density at radius 3 is 2.43 bits per heavy atom. The van der Waals surface area contributed by atoms with Gasteiger partial charge in [-0.1, -0.05) is 41.9 Å². The van der Waals surface area contributed by atoms with Crippen molar-refractivity contribution in [1.29, 1.82) is 0 Å². The van der Waals surface area contributed by atoms with Gasteiger partial charge in [-0.05, 0) is 36.2 Å². The third-order valence-electron chi connectivity index (χ3n) is 5.13. The van der Waals surface area contributed by atoms with E-state index in [9.17, 15) is 4.79 Å². The van der Waals surface area contributed by atoms with Gasteiger partial charge in [-0.15, -0.1) is 0 Å². The minimum atomic E-state index is 0.185. The van der Waals surface area contributed by atoms with Crippen molar-refractivity contribution in [2.75, 3.05) is 11.4 Å². The number of aromatic nitrogens is 3. The molecule has 0 saturated carbocycles. The molecule has 1 amide bonds. The molecule has 1 fully saturated rings. The maximum Gasteiger partial charge on any atom is 0.227 e. The quantitative estimate of drug-likeness (QED) is 0.470. The van der Waals surface area contributed by atoms with E-state index in [0.29, 0.717) is 11.6 Å². The summed E-state index contributed by atoms with van der Waals surface area (Å²) in [4.78, 5) is 22.5. The molecule has 0 spiro atoms. The highest BCUT2D eigenvalue weighted by atomic mass is 35.5. The second kappa shape index (κ2) is 6.77. The average Bonchev–Trinajstić information content (AvgIpc) is 3.33.